The summed E-state index contributed by atoms with van der Waals surface area (Å²) >= 11 is 16.7. The first-order valence-corrected chi connectivity index (χ1v) is 15.0. The van der Waals surface area contributed by atoms with Crippen molar-refractivity contribution in [2.75, 3.05) is 4.90 Å². The Morgan fingerprint density at radius 1 is 1.03 bits per heavy atom. The van der Waals surface area contributed by atoms with Crippen LogP contribution in [0.2, 0.25) is 10.0 Å². The lowest BCUT2D eigenvalue weighted by Gasteiger charge is -2.24. The number of benzene rings is 3. The van der Waals surface area contributed by atoms with Crippen LogP contribution in [0.1, 0.15) is 32.7 Å². The minimum Gasteiger partial charge on any atom is -0.478 e. The number of halogens is 5. The lowest BCUT2D eigenvalue weighted by Crippen LogP contribution is -2.18. The Labute approximate surface area is 243 Å². The van der Waals surface area contributed by atoms with Gasteiger partial charge in [-0.1, -0.05) is 63.4 Å². The second kappa shape index (κ2) is 11.6. The third-order valence-electron chi connectivity index (χ3n) is 5.64. The topological polar surface area (TPSA) is 111 Å². The molecule has 1 aromatic heterocycles. The molecule has 0 unspecified atom stereocenters. The minimum atomic E-state index is -5.74. The van der Waals surface area contributed by atoms with E-state index in [9.17, 15) is 18.1 Å². The van der Waals surface area contributed by atoms with E-state index >= 15 is 0 Å². The molecule has 7 nitrogen and oxygen atoms in total. The SMILES string of the molecule is O=C(O)c1ccc(Cc2csc(N(Cc3ccc(C(F)(F)P(=O)(O)O)c(Br)c3)c3ccc(Cl)c(Cl)c3)n2)cc1. The average Bonchev–Trinajstić information content (AvgIpc) is 3.32. The number of carbonyl (C=O) groups is 1. The zero-order valence-electron chi connectivity index (χ0n) is 19.6. The number of nitrogens with zero attached hydrogens (tertiary/aromatic N) is 2. The van der Waals surface area contributed by atoms with Crippen LogP contribution in [-0.2, 0) is 23.2 Å². The molecule has 0 aliphatic heterocycles. The maximum absolute atomic E-state index is 14.3. The second-order valence-corrected chi connectivity index (χ2v) is 12.5. The number of thiazole rings is 1. The van der Waals surface area contributed by atoms with E-state index in [-0.39, 0.29) is 16.6 Å². The van der Waals surface area contributed by atoms with Crippen molar-refractivity contribution in [3.63, 3.8) is 0 Å². The Balaban J connectivity index is 1.66. The van der Waals surface area contributed by atoms with Crippen molar-refractivity contribution in [1.82, 2.24) is 4.98 Å². The van der Waals surface area contributed by atoms with E-state index in [4.69, 9.17) is 43.1 Å². The van der Waals surface area contributed by atoms with Crippen molar-refractivity contribution in [3.05, 3.63) is 109 Å². The number of aromatic carboxylic acids is 1. The number of hydrogen-bond acceptors (Lipinski definition) is 5. The van der Waals surface area contributed by atoms with Gasteiger partial charge < -0.3 is 19.8 Å². The van der Waals surface area contributed by atoms with E-state index in [0.29, 0.717) is 32.8 Å². The monoisotopic (exact) mass is 676 g/mol. The highest BCUT2D eigenvalue weighted by molar-refractivity contribution is 9.10. The number of rotatable bonds is 9. The van der Waals surface area contributed by atoms with Crippen LogP contribution >= 0.6 is 58.1 Å². The molecule has 4 rings (SSSR count). The van der Waals surface area contributed by atoms with Crippen molar-refractivity contribution in [3.8, 4) is 0 Å². The molecule has 0 atom stereocenters. The lowest BCUT2D eigenvalue weighted by molar-refractivity contribution is 0.0557. The second-order valence-electron chi connectivity index (χ2n) is 8.38. The van der Waals surface area contributed by atoms with E-state index in [1.54, 1.807) is 35.2 Å². The Morgan fingerprint density at radius 3 is 2.28 bits per heavy atom. The van der Waals surface area contributed by atoms with Gasteiger partial charge in [-0.25, -0.2) is 9.78 Å². The highest BCUT2D eigenvalue weighted by atomic mass is 79.9. The molecule has 14 heteroatoms. The molecule has 1 heterocycles. The van der Waals surface area contributed by atoms with Crippen LogP contribution in [0.5, 0.6) is 0 Å². The van der Waals surface area contributed by atoms with E-state index in [1.165, 1.54) is 35.6 Å². The zero-order valence-corrected chi connectivity index (χ0v) is 24.4. The summed E-state index contributed by atoms with van der Waals surface area (Å²) in [7, 11) is -5.74. The summed E-state index contributed by atoms with van der Waals surface area (Å²) in [4.78, 5) is 35.8. The fraction of sp³-hybridized carbons (Fsp3) is 0.120. The fourth-order valence-corrected chi connectivity index (χ4v) is 6.11. The van der Waals surface area contributed by atoms with Gasteiger partial charge in [-0.2, -0.15) is 8.78 Å². The molecule has 0 spiro atoms. The van der Waals surface area contributed by atoms with Crippen LogP contribution in [0.25, 0.3) is 0 Å². The van der Waals surface area contributed by atoms with Gasteiger partial charge in [0.25, 0.3) is 0 Å². The van der Waals surface area contributed by atoms with Gasteiger partial charge in [-0.3, -0.25) is 4.57 Å². The van der Waals surface area contributed by atoms with Crippen molar-refractivity contribution in [2.45, 2.75) is 18.6 Å². The van der Waals surface area contributed by atoms with Crippen LogP contribution in [-0.4, -0.2) is 25.8 Å². The molecule has 0 amide bonds. The number of anilines is 2. The minimum absolute atomic E-state index is 0.151. The molecule has 0 saturated carbocycles. The number of hydrogen-bond donors (Lipinski definition) is 3. The summed E-state index contributed by atoms with van der Waals surface area (Å²) in [5.74, 6) is -1.01. The molecule has 3 N–H and O–H groups in total. The third-order valence-corrected chi connectivity index (χ3v) is 8.92. The molecule has 0 bridgehead atoms. The van der Waals surface area contributed by atoms with Gasteiger partial charge in [0.2, 0.25) is 0 Å². The Bertz CT molecular complexity index is 1580. The molecule has 0 radical (unpaired) electrons. The van der Waals surface area contributed by atoms with Gasteiger partial charge in [0.1, 0.15) is 0 Å². The van der Waals surface area contributed by atoms with Crippen molar-refractivity contribution in [2.24, 2.45) is 0 Å². The summed E-state index contributed by atoms with van der Waals surface area (Å²) in [6.45, 7) is 0.151. The first kappa shape index (κ1) is 29.6. The normalized spacial score (nSPS) is 12.0. The Morgan fingerprint density at radius 2 is 1.69 bits per heavy atom. The molecule has 0 saturated heterocycles. The van der Waals surface area contributed by atoms with Gasteiger partial charge in [0.15, 0.2) is 5.13 Å². The number of aromatic nitrogens is 1. The van der Waals surface area contributed by atoms with Gasteiger partial charge >= 0.3 is 19.2 Å². The van der Waals surface area contributed by atoms with Gasteiger partial charge in [-0.05, 0) is 47.5 Å². The van der Waals surface area contributed by atoms with Gasteiger partial charge in [0.05, 0.1) is 27.8 Å². The molecule has 39 heavy (non-hydrogen) atoms. The van der Waals surface area contributed by atoms with E-state index < -0.39 is 24.8 Å². The Hall–Kier alpha value is -2.37. The van der Waals surface area contributed by atoms with Crippen molar-refractivity contribution < 1.29 is 33.0 Å². The number of carboxylic acids is 1. The lowest BCUT2D eigenvalue weighted by atomic mass is 10.1. The quantitative estimate of drug-likeness (QED) is 0.154. The largest absolute Gasteiger partial charge is 0.478 e. The standard InChI is InChI=1S/C25H18BrCl2F2N2O5PS/c26-20-10-15(3-7-19(20)25(29,30)38(35,36)37)12-32(18-6-8-21(27)22(28)11-18)24-31-17(13-39-24)9-14-1-4-16(5-2-14)23(33)34/h1-8,10-11,13H,9,12H2,(H,33,34)(H2,35,36,37). The first-order valence-electron chi connectivity index (χ1n) is 11.0. The van der Waals surface area contributed by atoms with Crippen LogP contribution in [0.3, 0.4) is 0 Å². The van der Waals surface area contributed by atoms with E-state index in [2.05, 4.69) is 15.9 Å². The highest BCUT2D eigenvalue weighted by Crippen LogP contribution is 2.60. The molecule has 4 aromatic rings. The van der Waals surface area contributed by atoms with Crippen molar-refractivity contribution >= 4 is 74.9 Å². The summed E-state index contributed by atoms with van der Waals surface area (Å²) in [5, 5.41) is 12.2. The third kappa shape index (κ3) is 6.69. The number of alkyl halides is 2. The predicted molar refractivity (Wildman–Crippen MR) is 151 cm³/mol. The maximum atomic E-state index is 14.3. The summed E-state index contributed by atoms with van der Waals surface area (Å²) in [6, 6.07) is 15.1. The molecular weight excluding hydrogens is 660 g/mol. The van der Waals surface area contributed by atoms with E-state index in [0.717, 1.165) is 17.3 Å². The summed E-state index contributed by atoms with van der Waals surface area (Å²) in [6.07, 6.45) is 0.448. The fourth-order valence-electron chi connectivity index (χ4n) is 3.64. The average molecular weight is 678 g/mol. The molecule has 0 aliphatic rings. The van der Waals surface area contributed by atoms with Crippen LogP contribution in [0.4, 0.5) is 19.6 Å². The molecule has 0 aliphatic carbocycles. The van der Waals surface area contributed by atoms with Crippen molar-refractivity contribution in [1.29, 1.82) is 0 Å². The van der Waals surface area contributed by atoms with E-state index in [1.807, 2.05) is 5.38 Å². The molecular formula is C25H18BrCl2F2N2O5PS. The van der Waals surface area contributed by atoms with Gasteiger partial charge in [-0.15, -0.1) is 11.3 Å². The molecule has 204 valence electrons. The van der Waals surface area contributed by atoms with Crippen LogP contribution in [0, 0.1) is 0 Å². The highest BCUT2D eigenvalue weighted by Gasteiger charge is 2.51. The van der Waals surface area contributed by atoms with Gasteiger partial charge in [0, 0.05) is 27.5 Å². The van der Waals surface area contributed by atoms with Crippen LogP contribution in [0.15, 0.2) is 70.5 Å². The Kier molecular flexibility index (Phi) is 8.82. The summed E-state index contributed by atoms with van der Waals surface area (Å²) < 4.78 is 39.8. The zero-order chi connectivity index (χ0) is 28.5. The summed E-state index contributed by atoms with van der Waals surface area (Å²) in [5.41, 5.74) is -2.26. The number of carboxylic acid groups (broad SMARTS) is 1. The smallest absolute Gasteiger partial charge is 0.399 e. The molecule has 0 fully saturated rings. The first-order chi connectivity index (χ1) is 18.3. The maximum Gasteiger partial charge on any atom is 0.399 e. The predicted octanol–water partition coefficient (Wildman–Crippen LogP) is 8.07. The molecule has 3 aromatic carbocycles. The van der Waals surface area contributed by atoms with Crippen LogP contribution < -0.4 is 4.90 Å².